The summed E-state index contributed by atoms with van der Waals surface area (Å²) in [7, 11) is 8.18. The van der Waals surface area contributed by atoms with Crippen molar-refractivity contribution in [3.8, 4) is 0 Å². The van der Waals surface area contributed by atoms with Gasteiger partial charge in [0.2, 0.25) is 0 Å². The maximum absolute atomic E-state index is 2.73. The molecule has 0 bridgehead atoms. The summed E-state index contributed by atoms with van der Waals surface area (Å²) in [6.45, 7) is 12.9. The van der Waals surface area contributed by atoms with Gasteiger partial charge >= 0.3 is 0 Å². The predicted molar refractivity (Wildman–Crippen MR) is 164 cm³/mol. The fourth-order valence-electron chi connectivity index (χ4n) is 3.30. The van der Waals surface area contributed by atoms with Crippen molar-refractivity contribution >= 4 is 68.4 Å². The van der Waals surface area contributed by atoms with Crippen molar-refractivity contribution in [1.82, 2.24) is 0 Å². The second-order valence-corrected chi connectivity index (χ2v) is 9.82. The molecule has 3 atom stereocenters. The van der Waals surface area contributed by atoms with Gasteiger partial charge in [0.15, 0.2) is 0 Å². The van der Waals surface area contributed by atoms with Crippen LogP contribution in [0.5, 0.6) is 0 Å². The first kappa shape index (κ1) is 33.7. The van der Waals surface area contributed by atoms with Crippen molar-refractivity contribution in [2.45, 2.75) is 60.8 Å². The van der Waals surface area contributed by atoms with Crippen molar-refractivity contribution in [3.05, 3.63) is 88.0 Å². The average Bonchev–Trinajstić information content (AvgIpc) is 2.66. The van der Waals surface area contributed by atoms with E-state index < -0.39 is 0 Å². The molecule has 0 heterocycles. The number of hydrogen-bond acceptors (Lipinski definition) is 0. The molecule has 0 aliphatic carbocycles. The molecule has 0 spiro atoms. The summed E-state index contributed by atoms with van der Waals surface area (Å²) in [5.74, 6) is 0. The SMILES string of the molecule is CCc1cc(C)cc(P)c1.CCc1cc(C)cc(P)c1.CCc1cc(C)cc(P)c1.Cl.Cl. The Bertz CT molecular complexity index is 757. The van der Waals surface area contributed by atoms with Gasteiger partial charge in [0.1, 0.15) is 0 Å². The van der Waals surface area contributed by atoms with E-state index in [-0.39, 0.29) is 24.8 Å². The quantitative estimate of drug-likeness (QED) is 0.320. The van der Waals surface area contributed by atoms with Gasteiger partial charge in [-0.1, -0.05) is 92.1 Å². The molecule has 3 aromatic rings. The molecule has 32 heavy (non-hydrogen) atoms. The molecule has 0 aromatic heterocycles. The summed E-state index contributed by atoms with van der Waals surface area (Å²) in [6, 6.07) is 19.8. The Kier molecular flexibility index (Phi) is 18.9. The number of aryl methyl sites for hydroxylation is 6. The van der Waals surface area contributed by atoms with Crippen molar-refractivity contribution in [2.75, 3.05) is 0 Å². The van der Waals surface area contributed by atoms with Crippen LogP contribution in [-0.2, 0) is 19.3 Å². The highest BCUT2D eigenvalue weighted by atomic mass is 35.5. The van der Waals surface area contributed by atoms with Crippen molar-refractivity contribution in [1.29, 1.82) is 0 Å². The molecule has 0 saturated heterocycles. The van der Waals surface area contributed by atoms with E-state index in [0.29, 0.717) is 0 Å². The van der Waals surface area contributed by atoms with Gasteiger partial charge in [0.05, 0.1) is 0 Å². The summed E-state index contributed by atoms with van der Waals surface area (Å²) in [5.41, 5.74) is 8.32. The Hall–Kier alpha value is -0.470. The second-order valence-electron chi connectivity index (χ2n) is 7.82. The molecule has 0 N–H and O–H groups in total. The smallest absolute Gasteiger partial charge is 0.0297 e. The van der Waals surface area contributed by atoms with Crippen molar-refractivity contribution in [3.63, 3.8) is 0 Å². The second kappa shape index (κ2) is 17.9. The van der Waals surface area contributed by atoms with Crippen LogP contribution in [0.15, 0.2) is 54.6 Å². The monoisotopic (exact) mass is 528 g/mol. The molecule has 0 amide bonds. The van der Waals surface area contributed by atoms with Crippen LogP contribution < -0.4 is 15.9 Å². The fraction of sp³-hybridized carbons (Fsp3) is 0.333. The van der Waals surface area contributed by atoms with E-state index in [4.69, 9.17) is 0 Å². The highest BCUT2D eigenvalue weighted by molar-refractivity contribution is 7.27. The minimum Gasteiger partial charge on any atom is -0.147 e. The molecular formula is C27H41Cl2P3. The Morgan fingerprint density at radius 3 is 0.812 bits per heavy atom. The highest BCUT2D eigenvalue weighted by Crippen LogP contribution is 2.06. The van der Waals surface area contributed by atoms with Crippen LogP contribution in [0.3, 0.4) is 0 Å². The zero-order valence-corrected chi connectivity index (χ0v) is 25.5. The number of hydrogen-bond donors (Lipinski definition) is 0. The lowest BCUT2D eigenvalue weighted by Crippen LogP contribution is -1.94. The molecule has 0 fully saturated rings. The van der Waals surface area contributed by atoms with Crippen LogP contribution in [0.25, 0.3) is 0 Å². The highest BCUT2D eigenvalue weighted by Gasteiger charge is 1.93. The Balaban J connectivity index is 0. The standard InChI is InChI=1S/3C9H13P.2ClH/c3*1-3-8-4-7(2)5-9(10)6-8;;/h3*4-6H,3,10H2,1-2H3;2*1H. The van der Waals surface area contributed by atoms with Gasteiger partial charge in [-0.05, 0) is 72.6 Å². The van der Waals surface area contributed by atoms with E-state index in [1.54, 1.807) is 0 Å². The Labute approximate surface area is 216 Å². The number of rotatable bonds is 3. The van der Waals surface area contributed by atoms with Gasteiger partial charge in [-0.2, -0.15) is 0 Å². The molecule has 3 aromatic carbocycles. The van der Waals surface area contributed by atoms with Crippen molar-refractivity contribution < 1.29 is 0 Å². The van der Waals surface area contributed by atoms with E-state index in [1.165, 1.54) is 49.3 Å². The van der Waals surface area contributed by atoms with Gasteiger partial charge in [0, 0.05) is 0 Å². The van der Waals surface area contributed by atoms with Crippen LogP contribution in [0.2, 0.25) is 0 Å². The molecule has 178 valence electrons. The minimum absolute atomic E-state index is 0. The van der Waals surface area contributed by atoms with E-state index in [9.17, 15) is 0 Å². The maximum atomic E-state index is 2.73. The lowest BCUT2D eigenvalue weighted by Gasteiger charge is -2.00. The third kappa shape index (κ3) is 13.9. The van der Waals surface area contributed by atoms with Gasteiger partial charge in [-0.25, -0.2) is 0 Å². The third-order valence-corrected chi connectivity index (χ3v) is 5.70. The first-order valence-electron chi connectivity index (χ1n) is 10.7. The molecular weight excluding hydrogens is 488 g/mol. The average molecular weight is 529 g/mol. The van der Waals surface area contributed by atoms with E-state index >= 15 is 0 Å². The topological polar surface area (TPSA) is 0 Å². The predicted octanol–water partition coefficient (Wildman–Crippen LogP) is 7.02. The van der Waals surface area contributed by atoms with Crippen LogP contribution in [-0.4, -0.2) is 0 Å². The zero-order valence-electron chi connectivity index (χ0n) is 20.4. The first-order valence-corrected chi connectivity index (χ1v) is 12.5. The molecule has 0 saturated carbocycles. The van der Waals surface area contributed by atoms with Crippen LogP contribution >= 0.6 is 52.5 Å². The molecule has 0 radical (unpaired) electrons. The lowest BCUT2D eigenvalue weighted by atomic mass is 10.1. The van der Waals surface area contributed by atoms with Crippen molar-refractivity contribution in [2.24, 2.45) is 0 Å². The maximum Gasteiger partial charge on any atom is -0.0297 e. The molecule has 0 aliphatic heterocycles. The van der Waals surface area contributed by atoms with E-state index in [2.05, 4.69) is 124 Å². The summed E-state index contributed by atoms with van der Waals surface area (Å²) in [4.78, 5) is 0. The molecule has 5 heteroatoms. The third-order valence-electron chi connectivity index (χ3n) is 4.70. The molecule has 3 rings (SSSR count). The Morgan fingerprint density at radius 2 is 0.656 bits per heavy atom. The number of halogens is 2. The minimum atomic E-state index is 0. The fourth-order valence-corrected chi connectivity index (χ4v) is 4.73. The van der Waals surface area contributed by atoms with Crippen LogP contribution in [0.1, 0.15) is 54.2 Å². The summed E-state index contributed by atoms with van der Waals surface area (Å²) >= 11 is 0. The summed E-state index contributed by atoms with van der Waals surface area (Å²) in [5, 5.41) is 3.87. The molecule has 3 unspecified atom stereocenters. The van der Waals surface area contributed by atoms with Gasteiger partial charge in [-0.15, -0.1) is 52.5 Å². The molecule has 0 nitrogen and oxygen atoms in total. The molecule has 0 aliphatic rings. The van der Waals surface area contributed by atoms with Crippen LogP contribution in [0, 0.1) is 20.8 Å². The van der Waals surface area contributed by atoms with Crippen LogP contribution in [0.4, 0.5) is 0 Å². The number of benzene rings is 3. The van der Waals surface area contributed by atoms with E-state index in [0.717, 1.165) is 19.3 Å². The lowest BCUT2D eigenvalue weighted by molar-refractivity contribution is 1.14. The van der Waals surface area contributed by atoms with Gasteiger partial charge in [-0.3, -0.25) is 0 Å². The summed E-state index contributed by atoms with van der Waals surface area (Å²) in [6.07, 6.45) is 3.38. The van der Waals surface area contributed by atoms with E-state index in [1.807, 2.05) is 0 Å². The summed E-state index contributed by atoms with van der Waals surface area (Å²) < 4.78 is 0. The zero-order chi connectivity index (χ0) is 22.7. The Morgan fingerprint density at radius 1 is 0.438 bits per heavy atom. The van der Waals surface area contributed by atoms with Gasteiger partial charge in [0.25, 0.3) is 0 Å². The first-order chi connectivity index (χ1) is 14.2. The largest absolute Gasteiger partial charge is 0.147 e. The van der Waals surface area contributed by atoms with Gasteiger partial charge < -0.3 is 0 Å². The normalized spacial score (nSPS) is 9.28.